The van der Waals surface area contributed by atoms with Gasteiger partial charge in [0.1, 0.15) is 6.04 Å². The van der Waals surface area contributed by atoms with Crippen molar-refractivity contribution in [3.63, 3.8) is 0 Å². The zero-order chi connectivity index (χ0) is 15.8. The van der Waals surface area contributed by atoms with E-state index in [1.807, 2.05) is 23.8 Å². The van der Waals surface area contributed by atoms with Crippen LogP contribution in [0.15, 0.2) is 12.3 Å². The second kappa shape index (κ2) is 5.66. The molecule has 0 radical (unpaired) electrons. The van der Waals surface area contributed by atoms with E-state index >= 15 is 0 Å². The number of carbonyl (C=O) groups excluding carboxylic acids is 2. The summed E-state index contributed by atoms with van der Waals surface area (Å²) in [5, 5.41) is 2.96. The number of hydrogen-bond donors (Lipinski definition) is 1. The predicted octanol–water partition coefficient (Wildman–Crippen LogP) is 2.98. The number of nitrogens with one attached hydrogen (secondary N) is 1. The van der Waals surface area contributed by atoms with Crippen molar-refractivity contribution in [1.29, 1.82) is 0 Å². The summed E-state index contributed by atoms with van der Waals surface area (Å²) < 4.78 is 1.96. The topological polar surface area (TPSA) is 51.1 Å². The zero-order valence-corrected chi connectivity index (χ0v) is 13.7. The van der Waals surface area contributed by atoms with Crippen LogP contribution in [0.3, 0.4) is 0 Å². The van der Waals surface area contributed by atoms with Gasteiger partial charge in [-0.2, -0.15) is 0 Å². The number of hydrogen-bond acceptors (Lipinski definition) is 2. The van der Waals surface area contributed by atoms with Crippen molar-refractivity contribution >= 4 is 11.7 Å². The Bertz CT molecular complexity index is 555. The Morgan fingerprint density at radius 2 is 2.00 bits per heavy atom. The van der Waals surface area contributed by atoms with Crippen molar-refractivity contribution < 1.29 is 9.59 Å². The van der Waals surface area contributed by atoms with Crippen LogP contribution in [-0.2, 0) is 11.2 Å². The summed E-state index contributed by atoms with van der Waals surface area (Å²) in [7, 11) is 0. The molecular formula is C17H26N2O2. The van der Waals surface area contributed by atoms with Crippen LogP contribution in [0, 0.1) is 11.3 Å². The summed E-state index contributed by atoms with van der Waals surface area (Å²) in [6.45, 7) is 10.9. The number of rotatable bonds is 4. The molecule has 1 aliphatic rings. The molecule has 1 heterocycles. The molecule has 116 valence electrons. The molecule has 0 saturated carbocycles. The Morgan fingerprint density at radius 3 is 2.62 bits per heavy atom. The third-order valence-corrected chi connectivity index (χ3v) is 4.09. The first-order chi connectivity index (χ1) is 9.71. The third kappa shape index (κ3) is 3.36. The van der Waals surface area contributed by atoms with Crippen LogP contribution in [-0.4, -0.2) is 22.8 Å². The number of Topliss-reactive ketones (excluding diaryl/α,β-unsaturated/α-hetero) is 1. The minimum Gasteiger partial charge on any atom is -0.354 e. The summed E-state index contributed by atoms with van der Waals surface area (Å²) in [6, 6.07) is 1.58. The highest BCUT2D eigenvalue weighted by molar-refractivity contribution is 5.99. The monoisotopic (exact) mass is 290 g/mol. The number of amides is 1. The highest BCUT2D eigenvalue weighted by Gasteiger charge is 2.34. The van der Waals surface area contributed by atoms with Gasteiger partial charge in [-0.3, -0.25) is 9.59 Å². The Labute approximate surface area is 126 Å². The van der Waals surface area contributed by atoms with E-state index in [9.17, 15) is 9.59 Å². The number of carbonyl (C=O) groups is 2. The van der Waals surface area contributed by atoms with Crippen LogP contribution in [0.5, 0.6) is 0 Å². The second-order valence-electron chi connectivity index (χ2n) is 7.34. The van der Waals surface area contributed by atoms with Crippen molar-refractivity contribution in [2.45, 2.75) is 53.5 Å². The highest BCUT2D eigenvalue weighted by Crippen LogP contribution is 2.36. The van der Waals surface area contributed by atoms with E-state index in [1.165, 1.54) is 0 Å². The molecule has 1 atom stereocenters. The maximum absolute atomic E-state index is 12.3. The van der Waals surface area contributed by atoms with E-state index in [1.54, 1.807) is 0 Å². The van der Waals surface area contributed by atoms with E-state index in [0.717, 1.165) is 17.7 Å². The first kappa shape index (κ1) is 15.8. The van der Waals surface area contributed by atoms with Crippen molar-refractivity contribution in [1.82, 2.24) is 9.88 Å². The molecule has 1 aromatic rings. The molecule has 4 nitrogen and oxygen atoms in total. The van der Waals surface area contributed by atoms with E-state index in [0.29, 0.717) is 18.9 Å². The number of aromatic nitrogens is 1. The van der Waals surface area contributed by atoms with Crippen molar-refractivity contribution in [2.24, 2.45) is 11.3 Å². The van der Waals surface area contributed by atoms with E-state index in [-0.39, 0.29) is 23.1 Å². The fourth-order valence-electron chi connectivity index (χ4n) is 2.91. The molecule has 21 heavy (non-hydrogen) atoms. The lowest BCUT2D eigenvalue weighted by molar-refractivity contribution is -0.124. The Kier molecular flexibility index (Phi) is 4.26. The van der Waals surface area contributed by atoms with Crippen molar-refractivity contribution in [2.75, 3.05) is 6.54 Å². The molecule has 0 aliphatic heterocycles. The lowest BCUT2D eigenvalue weighted by Crippen LogP contribution is -2.35. The van der Waals surface area contributed by atoms with Crippen LogP contribution in [0.4, 0.5) is 0 Å². The largest absolute Gasteiger partial charge is 0.354 e. The Morgan fingerprint density at radius 1 is 1.33 bits per heavy atom. The van der Waals surface area contributed by atoms with Crippen molar-refractivity contribution in [3.05, 3.63) is 23.5 Å². The summed E-state index contributed by atoms with van der Waals surface area (Å²) >= 11 is 0. The smallest absolute Gasteiger partial charge is 0.242 e. The lowest BCUT2D eigenvalue weighted by atomic mass is 9.76. The molecule has 0 fully saturated rings. The first-order valence-corrected chi connectivity index (χ1v) is 7.72. The number of fused-ring (bicyclic) bond motifs is 1. The molecule has 0 spiro atoms. The van der Waals surface area contributed by atoms with Gasteiger partial charge < -0.3 is 9.88 Å². The van der Waals surface area contributed by atoms with E-state index < -0.39 is 0 Å². The number of nitrogens with zero attached hydrogens (tertiary/aromatic N) is 1. The Balaban J connectivity index is 2.22. The van der Waals surface area contributed by atoms with Crippen LogP contribution in [0.25, 0.3) is 0 Å². The minimum absolute atomic E-state index is 0.0120. The van der Waals surface area contributed by atoms with Gasteiger partial charge in [0.25, 0.3) is 0 Å². The molecule has 1 aliphatic carbocycles. The Hall–Kier alpha value is -1.58. The second-order valence-corrected chi connectivity index (χ2v) is 7.34. The minimum atomic E-state index is -0.283. The molecular weight excluding hydrogens is 264 g/mol. The zero-order valence-electron chi connectivity index (χ0n) is 13.7. The van der Waals surface area contributed by atoms with Gasteiger partial charge in [-0.05, 0) is 30.7 Å². The van der Waals surface area contributed by atoms with E-state index in [4.69, 9.17) is 0 Å². The molecule has 1 aromatic heterocycles. The normalized spacial score (nSPS) is 18.5. The molecule has 2 rings (SSSR count). The van der Waals surface area contributed by atoms with E-state index in [2.05, 4.69) is 33.0 Å². The molecule has 0 bridgehead atoms. The van der Waals surface area contributed by atoms with Gasteiger partial charge in [0.2, 0.25) is 5.91 Å². The van der Waals surface area contributed by atoms with Crippen LogP contribution >= 0.6 is 0 Å². The van der Waals surface area contributed by atoms with Gasteiger partial charge in [-0.1, -0.05) is 27.7 Å². The molecule has 1 amide bonds. The maximum Gasteiger partial charge on any atom is 0.242 e. The molecule has 0 aromatic carbocycles. The van der Waals surface area contributed by atoms with Crippen LogP contribution in [0.1, 0.15) is 63.1 Å². The number of ketones is 1. The summed E-state index contributed by atoms with van der Waals surface area (Å²) in [6.07, 6.45) is 3.30. The fourth-order valence-corrected chi connectivity index (χ4v) is 2.91. The standard InChI is InChI=1S/C17H26N2O2/c1-11(2)10-18-16(21)12(3)19-7-6-13-14(19)8-17(4,5)9-15(13)20/h6-7,11-12H,8-10H2,1-5H3,(H,18,21). The fraction of sp³-hybridized carbons (Fsp3) is 0.647. The quantitative estimate of drug-likeness (QED) is 0.927. The average molecular weight is 290 g/mol. The predicted molar refractivity (Wildman–Crippen MR) is 83.4 cm³/mol. The van der Waals surface area contributed by atoms with Gasteiger partial charge in [0, 0.05) is 30.4 Å². The average Bonchev–Trinajstić information content (AvgIpc) is 2.77. The summed E-state index contributed by atoms with van der Waals surface area (Å²) in [5.41, 5.74) is 1.76. The van der Waals surface area contributed by atoms with Gasteiger partial charge in [0.15, 0.2) is 5.78 Å². The third-order valence-electron chi connectivity index (χ3n) is 4.09. The van der Waals surface area contributed by atoms with Gasteiger partial charge in [-0.15, -0.1) is 0 Å². The summed E-state index contributed by atoms with van der Waals surface area (Å²) in [4.78, 5) is 24.5. The lowest BCUT2D eigenvalue weighted by Gasteiger charge is -2.30. The highest BCUT2D eigenvalue weighted by atomic mass is 16.2. The molecule has 1 N–H and O–H groups in total. The van der Waals surface area contributed by atoms with Gasteiger partial charge in [0.05, 0.1) is 0 Å². The first-order valence-electron chi connectivity index (χ1n) is 7.72. The summed E-state index contributed by atoms with van der Waals surface area (Å²) in [5.74, 6) is 0.632. The van der Waals surface area contributed by atoms with Gasteiger partial charge >= 0.3 is 0 Å². The van der Waals surface area contributed by atoms with Crippen LogP contribution < -0.4 is 5.32 Å². The van der Waals surface area contributed by atoms with Crippen molar-refractivity contribution in [3.8, 4) is 0 Å². The van der Waals surface area contributed by atoms with Crippen LogP contribution in [0.2, 0.25) is 0 Å². The molecule has 0 saturated heterocycles. The maximum atomic E-state index is 12.3. The molecule has 1 unspecified atom stereocenters. The van der Waals surface area contributed by atoms with Gasteiger partial charge in [-0.25, -0.2) is 0 Å². The molecule has 4 heteroatoms. The SMILES string of the molecule is CC(C)CNC(=O)C(C)n1ccc2c1CC(C)(C)CC2=O.